The summed E-state index contributed by atoms with van der Waals surface area (Å²) < 4.78 is 0. The third-order valence-electron chi connectivity index (χ3n) is 7.27. The second kappa shape index (κ2) is 32.5. The maximum absolute atomic E-state index is 2.44. The molecule has 0 spiro atoms. The van der Waals surface area contributed by atoms with E-state index in [-0.39, 0.29) is 0 Å². The van der Waals surface area contributed by atoms with Crippen LogP contribution in [0, 0.1) is 0 Å². The molecule has 0 aromatic rings. The van der Waals surface area contributed by atoms with Crippen LogP contribution in [0.2, 0.25) is 0 Å². The highest BCUT2D eigenvalue weighted by Crippen LogP contribution is 2.14. The monoisotopic (exact) mass is 475 g/mol. The lowest BCUT2D eigenvalue weighted by Gasteiger charge is -2.02. The molecular weight excluding hydrogens is 408 g/mol. The molecule has 0 aromatic heterocycles. The van der Waals surface area contributed by atoms with Crippen molar-refractivity contribution < 1.29 is 0 Å². The van der Waals surface area contributed by atoms with Crippen molar-refractivity contribution in [2.24, 2.45) is 0 Å². The van der Waals surface area contributed by atoms with Gasteiger partial charge in [0.1, 0.15) is 0 Å². The summed E-state index contributed by atoms with van der Waals surface area (Å²) in [4.78, 5) is 0. The summed E-state index contributed by atoms with van der Waals surface area (Å²) in [7, 11) is 0. The van der Waals surface area contributed by atoms with E-state index in [0.29, 0.717) is 0 Å². The first-order valence-electron chi connectivity index (χ1n) is 16.2. The molecule has 0 saturated carbocycles. The zero-order chi connectivity index (χ0) is 24.6. The van der Waals surface area contributed by atoms with E-state index in [1.807, 2.05) is 0 Å². The molecule has 0 heteroatoms. The van der Waals surface area contributed by atoms with Crippen LogP contribution in [0.15, 0.2) is 24.3 Å². The molecule has 0 aliphatic carbocycles. The minimum atomic E-state index is 1.31. The number of hydrogen-bond donors (Lipinski definition) is 0. The Morgan fingerprint density at radius 3 is 0.618 bits per heavy atom. The summed E-state index contributed by atoms with van der Waals surface area (Å²) in [6.45, 7) is 4.59. The van der Waals surface area contributed by atoms with Crippen LogP contribution in [0.5, 0.6) is 0 Å². The molecule has 0 rings (SSSR count). The molecule has 0 nitrogen and oxygen atoms in total. The van der Waals surface area contributed by atoms with Crippen LogP contribution in [-0.2, 0) is 0 Å². The molecule has 0 bridgehead atoms. The van der Waals surface area contributed by atoms with Crippen LogP contribution < -0.4 is 0 Å². The van der Waals surface area contributed by atoms with Gasteiger partial charge in [-0.2, -0.15) is 0 Å². The summed E-state index contributed by atoms with van der Waals surface area (Å²) in [5.41, 5.74) is 0. The van der Waals surface area contributed by atoms with E-state index in [1.54, 1.807) is 0 Å². The van der Waals surface area contributed by atoms with Gasteiger partial charge in [0.25, 0.3) is 0 Å². The average Bonchev–Trinajstić information content (AvgIpc) is 2.85. The molecule has 0 amide bonds. The predicted molar refractivity (Wildman–Crippen MR) is 159 cm³/mol. The van der Waals surface area contributed by atoms with Crippen molar-refractivity contribution in [1.29, 1.82) is 0 Å². The summed E-state index contributed by atoms with van der Waals surface area (Å²) in [5.74, 6) is 0. The van der Waals surface area contributed by atoms with Gasteiger partial charge in [-0.25, -0.2) is 0 Å². The Morgan fingerprint density at radius 2 is 0.412 bits per heavy atom. The van der Waals surface area contributed by atoms with Gasteiger partial charge < -0.3 is 0 Å². The molecule has 0 heterocycles. The Morgan fingerprint density at radius 1 is 0.235 bits per heavy atom. The van der Waals surface area contributed by atoms with E-state index in [0.717, 1.165) is 0 Å². The molecule has 0 aliphatic heterocycles. The Hall–Kier alpha value is -0.520. The fourth-order valence-corrected chi connectivity index (χ4v) is 4.85. The molecule has 0 atom stereocenters. The molecule has 0 fully saturated rings. The Balaban J connectivity index is 3.10. The molecule has 0 aromatic carbocycles. The molecule has 34 heavy (non-hydrogen) atoms. The number of unbranched alkanes of at least 4 members (excludes halogenated alkanes) is 25. The third-order valence-corrected chi connectivity index (χ3v) is 7.27. The van der Waals surface area contributed by atoms with Gasteiger partial charge in [0.05, 0.1) is 0 Å². The lowest BCUT2D eigenvalue weighted by molar-refractivity contribution is 0.542. The van der Waals surface area contributed by atoms with Gasteiger partial charge in [-0.05, 0) is 51.4 Å². The predicted octanol–water partition coefficient (Wildman–Crippen LogP) is 13.1. The van der Waals surface area contributed by atoms with Gasteiger partial charge in [-0.15, -0.1) is 0 Å². The van der Waals surface area contributed by atoms with Crippen LogP contribution in [0.25, 0.3) is 0 Å². The Labute approximate surface area is 217 Å². The fraction of sp³-hybridized carbons (Fsp3) is 0.882. The van der Waals surface area contributed by atoms with Crippen LogP contribution >= 0.6 is 0 Å². The van der Waals surface area contributed by atoms with Gasteiger partial charge in [-0.1, -0.05) is 167 Å². The molecular formula is C34H66. The van der Waals surface area contributed by atoms with Crippen molar-refractivity contribution in [2.75, 3.05) is 0 Å². The van der Waals surface area contributed by atoms with Crippen LogP contribution in [-0.4, -0.2) is 0 Å². The Bertz CT molecular complexity index is 353. The molecule has 0 aliphatic rings. The molecule has 0 unspecified atom stereocenters. The number of hydrogen-bond acceptors (Lipinski definition) is 0. The first-order valence-corrected chi connectivity index (χ1v) is 16.2. The molecule has 0 N–H and O–H groups in total. The smallest absolute Gasteiger partial charge is 0.0351 e. The maximum Gasteiger partial charge on any atom is -0.0351 e. The summed E-state index contributed by atoms with van der Waals surface area (Å²) in [6, 6.07) is 0. The molecule has 0 saturated heterocycles. The van der Waals surface area contributed by atoms with Gasteiger partial charge >= 0.3 is 0 Å². The topological polar surface area (TPSA) is 0 Å². The highest BCUT2D eigenvalue weighted by atomic mass is 14.0. The first-order chi connectivity index (χ1) is 16.9. The van der Waals surface area contributed by atoms with Crippen molar-refractivity contribution in [2.45, 2.75) is 194 Å². The highest BCUT2D eigenvalue weighted by molar-refractivity contribution is 4.82. The van der Waals surface area contributed by atoms with E-state index in [1.165, 1.54) is 180 Å². The van der Waals surface area contributed by atoms with E-state index >= 15 is 0 Å². The molecule has 202 valence electrons. The number of rotatable bonds is 29. The zero-order valence-corrected chi connectivity index (χ0v) is 24.1. The van der Waals surface area contributed by atoms with E-state index in [4.69, 9.17) is 0 Å². The maximum atomic E-state index is 2.44. The van der Waals surface area contributed by atoms with Crippen molar-refractivity contribution in [3.05, 3.63) is 24.3 Å². The van der Waals surface area contributed by atoms with Crippen molar-refractivity contribution in [3.8, 4) is 0 Å². The van der Waals surface area contributed by atoms with E-state index in [9.17, 15) is 0 Å². The van der Waals surface area contributed by atoms with Gasteiger partial charge in [-0.3, -0.25) is 0 Å². The SMILES string of the molecule is CCCCCCCC/C=C/CCCCCCCCCCCCCC/C=C/CCCCCCCC. The lowest BCUT2D eigenvalue weighted by Crippen LogP contribution is -1.83. The van der Waals surface area contributed by atoms with Crippen molar-refractivity contribution >= 4 is 0 Å². The van der Waals surface area contributed by atoms with E-state index < -0.39 is 0 Å². The van der Waals surface area contributed by atoms with Gasteiger partial charge in [0.2, 0.25) is 0 Å². The second-order valence-electron chi connectivity index (χ2n) is 10.9. The third kappa shape index (κ3) is 31.5. The second-order valence-corrected chi connectivity index (χ2v) is 10.9. The number of allylic oxidation sites excluding steroid dienone is 4. The standard InChI is InChI=1S/C34H66/c1-3-5-7-9-11-13-15-17-19-21-23-25-27-29-31-33-34-32-30-28-26-24-22-20-18-16-14-12-10-8-6-4-2/h17-20H,3-16,21-34H2,1-2H3/b19-17+,20-18+. The highest BCUT2D eigenvalue weighted by Gasteiger charge is 1.94. The quantitative estimate of drug-likeness (QED) is 0.0746. The van der Waals surface area contributed by atoms with Gasteiger partial charge in [0, 0.05) is 0 Å². The van der Waals surface area contributed by atoms with Crippen LogP contribution in [0.4, 0.5) is 0 Å². The van der Waals surface area contributed by atoms with Crippen molar-refractivity contribution in [3.63, 3.8) is 0 Å². The first kappa shape index (κ1) is 33.5. The minimum absolute atomic E-state index is 1.31. The summed E-state index contributed by atoms with van der Waals surface area (Å²) in [5, 5.41) is 0. The zero-order valence-electron chi connectivity index (χ0n) is 24.1. The van der Waals surface area contributed by atoms with Crippen LogP contribution in [0.1, 0.15) is 194 Å². The summed E-state index contributed by atoms with van der Waals surface area (Å²) >= 11 is 0. The molecule has 0 radical (unpaired) electrons. The largest absolute Gasteiger partial charge is 0.0885 e. The Kier molecular flexibility index (Phi) is 32.0. The average molecular weight is 475 g/mol. The van der Waals surface area contributed by atoms with E-state index in [2.05, 4.69) is 38.2 Å². The fourth-order valence-electron chi connectivity index (χ4n) is 4.85. The normalized spacial score (nSPS) is 11.9. The minimum Gasteiger partial charge on any atom is -0.0885 e. The summed E-state index contributed by atoms with van der Waals surface area (Å²) in [6.07, 6.45) is 49.4. The van der Waals surface area contributed by atoms with Crippen LogP contribution in [0.3, 0.4) is 0 Å². The van der Waals surface area contributed by atoms with Crippen molar-refractivity contribution in [1.82, 2.24) is 0 Å². The lowest BCUT2D eigenvalue weighted by atomic mass is 10.0. The van der Waals surface area contributed by atoms with Gasteiger partial charge in [0.15, 0.2) is 0 Å².